The molecule has 3 aliphatic heterocycles. The molecule has 0 bridgehead atoms. The Hall–Kier alpha value is -4.00. The van der Waals surface area contributed by atoms with Crippen molar-refractivity contribution in [3.63, 3.8) is 0 Å². The molecule has 1 aromatic carbocycles. The van der Waals surface area contributed by atoms with E-state index in [1.165, 1.54) is 0 Å². The summed E-state index contributed by atoms with van der Waals surface area (Å²) in [5.74, 6) is -0.861. The third-order valence-corrected chi connectivity index (χ3v) is 15.8. The summed E-state index contributed by atoms with van der Waals surface area (Å²) in [7, 11) is -3.94. The zero-order chi connectivity index (χ0) is 39.0. The molecular weight excluding hydrogens is 721 g/mol. The van der Waals surface area contributed by atoms with E-state index in [4.69, 9.17) is 14.5 Å². The predicted octanol–water partition coefficient (Wildman–Crippen LogP) is 5.98. The lowest BCUT2D eigenvalue weighted by atomic mass is 9.85. The molecule has 4 heterocycles. The number of aryl methyl sites for hydroxylation is 2. The van der Waals surface area contributed by atoms with E-state index in [2.05, 4.69) is 10.0 Å². The lowest BCUT2D eigenvalue weighted by molar-refractivity contribution is -0.140. The summed E-state index contributed by atoms with van der Waals surface area (Å²) in [6.07, 6.45) is 10.8. The largest absolute Gasteiger partial charge is 0.483 e. The second-order valence-electron chi connectivity index (χ2n) is 17.9. The second kappa shape index (κ2) is 13.6. The number of nitrogens with zero attached hydrogens (tertiary/aromatic N) is 2. The number of pyridine rings is 1. The highest BCUT2D eigenvalue weighted by Gasteiger charge is 2.63. The van der Waals surface area contributed by atoms with Crippen molar-refractivity contribution in [2.45, 2.75) is 146 Å². The van der Waals surface area contributed by atoms with Gasteiger partial charge in [-0.1, -0.05) is 57.0 Å². The summed E-state index contributed by atoms with van der Waals surface area (Å²) in [5, 5.41) is 3.91. The molecule has 1 spiro atoms. The van der Waals surface area contributed by atoms with Crippen LogP contribution in [0.5, 0.6) is 5.75 Å². The van der Waals surface area contributed by atoms with E-state index in [0.29, 0.717) is 50.7 Å². The number of ether oxygens (including phenoxy) is 2. The number of Topliss-reactive ketones (excluding diaryl/α,β-unsaturated/α-hetero) is 1. The number of nitrogens with one attached hydrogen (secondary N) is 2. The summed E-state index contributed by atoms with van der Waals surface area (Å²) in [5.41, 5.74) is -0.0341. The number of hydrogen-bond acceptors (Lipinski definition) is 9. The van der Waals surface area contributed by atoms with Crippen LogP contribution in [0, 0.1) is 24.2 Å². The number of para-hydroxylation sites is 1. The quantitative estimate of drug-likeness (QED) is 0.337. The standard InChI is InChI=1S/C42H54N4O8S/c1-26(2)42(20-21-42)54-38(50)44-32-15-9-7-5-6-8-12-28-22-41(28,37(49)45-55(51,52)39(4)18-19-39)24-34(47)33-23-40(25-46(33)36(32)48)17-16-30-29-13-10-11-14-31(29)43-27(3)35(30)53-40/h8,10-14,26,28,32-33H,5-7,9,15-25H2,1-4H3,(H,44,50)(H,45,49)/b12-8-/t28-,32+,33+,40-,41-/m1/s1. The topological polar surface area (TPSA) is 161 Å². The van der Waals surface area contributed by atoms with Crippen LogP contribution < -0.4 is 14.8 Å². The number of carbonyl (C=O) groups is 4. The summed E-state index contributed by atoms with van der Waals surface area (Å²) in [4.78, 5) is 63.5. The Balaban J connectivity index is 1.12. The smallest absolute Gasteiger partial charge is 0.408 e. The summed E-state index contributed by atoms with van der Waals surface area (Å²) in [6, 6.07) is 6.05. The normalized spacial score (nSPS) is 31.6. The summed E-state index contributed by atoms with van der Waals surface area (Å²) in [6.45, 7) is 7.69. The number of rotatable bonds is 6. The molecule has 2 aromatic rings. The maximum Gasteiger partial charge on any atom is 0.408 e. The van der Waals surface area contributed by atoms with E-state index in [-0.39, 0.29) is 42.9 Å². The van der Waals surface area contributed by atoms with Crippen LogP contribution in [0.3, 0.4) is 0 Å². The number of amides is 3. The van der Waals surface area contributed by atoms with Gasteiger partial charge in [0.2, 0.25) is 21.8 Å². The minimum atomic E-state index is -3.94. The highest BCUT2D eigenvalue weighted by atomic mass is 32.2. The molecule has 2 N–H and O–H groups in total. The number of ketones is 1. The van der Waals surface area contributed by atoms with Gasteiger partial charge in [0, 0.05) is 23.8 Å². The van der Waals surface area contributed by atoms with Crippen molar-refractivity contribution in [3.05, 3.63) is 47.7 Å². The number of aromatic nitrogens is 1. The average Bonchev–Trinajstić information content (AvgIpc) is 4.09. The van der Waals surface area contributed by atoms with Crippen LogP contribution in [0.15, 0.2) is 36.4 Å². The molecular formula is C42H54N4O8S. The SMILES string of the molecule is Cc1nc2ccccc2c2c1O[C@]1(CC2)C[C@H]2C(=O)C[C@]3(C(=O)NS(=O)(=O)C4(C)CC4)C[C@H]3/C=C\CCCCC[C@H](NC(=O)OC3(C(C)C)CC3)C(=O)N2C1. The Morgan fingerprint density at radius 2 is 1.80 bits per heavy atom. The monoisotopic (exact) mass is 774 g/mol. The zero-order valence-corrected chi connectivity index (χ0v) is 33.3. The van der Waals surface area contributed by atoms with Gasteiger partial charge in [0.25, 0.3) is 0 Å². The maximum absolute atomic E-state index is 14.8. The van der Waals surface area contributed by atoms with E-state index >= 15 is 0 Å². The van der Waals surface area contributed by atoms with Crippen molar-refractivity contribution in [2.75, 3.05) is 6.54 Å². The van der Waals surface area contributed by atoms with Crippen LogP contribution in [-0.4, -0.2) is 76.6 Å². The van der Waals surface area contributed by atoms with Gasteiger partial charge >= 0.3 is 6.09 Å². The van der Waals surface area contributed by atoms with Crippen molar-refractivity contribution >= 4 is 44.6 Å². The zero-order valence-electron chi connectivity index (χ0n) is 32.4. The van der Waals surface area contributed by atoms with E-state index in [1.807, 2.05) is 57.2 Å². The fraction of sp³-hybridized carbons (Fsp3) is 0.643. The number of hydrogen-bond donors (Lipinski definition) is 2. The van der Waals surface area contributed by atoms with E-state index < -0.39 is 55.5 Å². The fourth-order valence-electron chi connectivity index (χ4n) is 9.26. The Kier molecular flexibility index (Phi) is 9.36. The molecule has 0 unspecified atom stereocenters. The van der Waals surface area contributed by atoms with Crippen LogP contribution in [0.4, 0.5) is 4.79 Å². The van der Waals surface area contributed by atoms with Gasteiger partial charge in [-0.25, -0.2) is 18.2 Å². The lowest BCUT2D eigenvalue weighted by Gasteiger charge is -2.36. The van der Waals surface area contributed by atoms with Gasteiger partial charge in [0.15, 0.2) is 5.78 Å². The third-order valence-electron chi connectivity index (χ3n) is 13.6. The molecule has 12 nitrogen and oxygen atoms in total. The molecule has 296 valence electrons. The van der Waals surface area contributed by atoms with Crippen molar-refractivity contribution in [2.24, 2.45) is 17.3 Å². The Labute approximate surface area is 323 Å². The number of allylic oxidation sites excluding steroid dienone is 2. The van der Waals surface area contributed by atoms with Crippen LogP contribution in [0.25, 0.3) is 10.9 Å². The number of benzene rings is 1. The van der Waals surface area contributed by atoms with Gasteiger partial charge in [-0.3, -0.25) is 19.1 Å². The van der Waals surface area contributed by atoms with Crippen LogP contribution >= 0.6 is 0 Å². The molecule has 3 amide bonds. The van der Waals surface area contributed by atoms with Gasteiger partial charge in [0.05, 0.1) is 34.0 Å². The molecule has 0 radical (unpaired) electrons. The molecule has 4 fully saturated rings. The van der Waals surface area contributed by atoms with E-state index in [1.54, 1.807) is 11.8 Å². The van der Waals surface area contributed by atoms with Crippen LogP contribution in [0.2, 0.25) is 0 Å². The molecule has 5 atom stereocenters. The van der Waals surface area contributed by atoms with Crippen LogP contribution in [-0.2, 0) is 35.6 Å². The van der Waals surface area contributed by atoms with Gasteiger partial charge in [-0.15, -0.1) is 0 Å². The Morgan fingerprint density at radius 1 is 1.04 bits per heavy atom. The number of carbonyl (C=O) groups excluding carboxylic acids is 4. The molecule has 6 aliphatic rings. The predicted molar refractivity (Wildman–Crippen MR) is 206 cm³/mol. The molecule has 55 heavy (non-hydrogen) atoms. The molecule has 8 rings (SSSR count). The first kappa shape index (κ1) is 37.9. The summed E-state index contributed by atoms with van der Waals surface area (Å²) < 4.78 is 40.7. The number of sulfonamides is 1. The van der Waals surface area contributed by atoms with Gasteiger partial charge in [0.1, 0.15) is 23.0 Å². The van der Waals surface area contributed by atoms with Gasteiger partial charge in [-0.2, -0.15) is 0 Å². The maximum atomic E-state index is 14.8. The first-order valence-electron chi connectivity index (χ1n) is 20.2. The molecule has 13 heteroatoms. The minimum absolute atomic E-state index is 0.117. The first-order chi connectivity index (χ1) is 26.1. The highest BCUT2D eigenvalue weighted by molar-refractivity contribution is 7.91. The van der Waals surface area contributed by atoms with Crippen LogP contribution in [0.1, 0.15) is 115 Å². The lowest BCUT2D eigenvalue weighted by Crippen LogP contribution is -2.53. The van der Waals surface area contributed by atoms with Crippen molar-refractivity contribution in [3.8, 4) is 5.75 Å². The second-order valence-corrected chi connectivity index (χ2v) is 20.1. The van der Waals surface area contributed by atoms with E-state index in [9.17, 15) is 27.6 Å². The Morgan fingerprint density at radius 3 is 2.53 bits per heavy atom. The fourth-order valence-corrected chi connectivity index (χ4v) is 10.6. The first-order valence-corrected chi connectivity index (χ1v) is 21.7. The number of fused-ring (bicyclic) bond motifs is 5. The molecule has 3 saturated carbocycles. The molecule has 3 aliphatic carbocycles. The van der Waals surface area contributed by atoms with Gasteiger partial charge in [-0.05, 0) is 96.0 Å². The molecule has 1 saturated heterocycles. The van der Waals surface area contributed by atoms with Crippen molar-refractivity contribution in [1.29, 1.82) is 0 Å². The Bertz CT molecular complexity index is 2070. The molecule has 1 aromatic heterocycles. The number of alkyl carbamates (subject to hydrolysis) is 1. The third kappa shape index (κ3) is 6.92. The van der Waals surface area contributed by atoms with Gasteiger partial charge < -0.3 is 19.7 Å². The summed E-state index contributed by atoms with van der Waals surface area (Å²) >= 11 is 0. The highest BCUT2D eigenvalue weighted by Crippen LogP contribution is 2.58. The van der Waals surface area contributed by atoms with Crippen molar-refractivity contribution < 1.29 is 37.1 Å². The van der Waals surface area contributed by atoms with Crippen molar-refractivity contribution in [1.82, 2.24) is 19.9 Å². The minimum Gasteiger partial charge on any atom is -0.483 e. The van der Waals surface area contributed by atoms with E-state index in [0.717, 1.165) is 54.3 Å². The average molecular weight is 775 g/mol.